The summed E-state index contributed by atoms with van der Waals surface area (Å²) in [7, 11) is -3.49. The van der Waals surface area contributed by atoms with Crippen molar-refractivity contribution in [2.75, 3.05) is 13.2 Å². The van der Waals surface area contributed by atoms with Crippen LogP contribution >= 0.6 is 0 Å². The van der Waals surface area contributed by atoms with Crippen molar-refractivity contribution in [3.8, 4) is 5.75 Å². The summed E-state index contributed by atoms with van der Waals surface area (Å²) in [4.78, 5) is 4.79. The smallest absolute Gasteiger partial charge is 0.240 e. The monoisotopic (exact) mass is 345 g/mol. The summed E-state index contributed by atoms with van der Waals surface area (Å²) >= 11 is 0. The van der Waals surface area contributed by atoms with Crippen molar-refractivity contribution in [1.82, 2.24) is 14.1 Å². The molecular formula is C17H19N3O3S. The van der Waals surface area contributed by atoms with Gasteiger partial charge in [-0.3, -0.25) is 0 Å². The summed E-state index contributed by atoms with van der Waals surface area (Å²) in [5, 5.41) is 0. The maximum atomic E-state index is 12.2. The number of imidazole rings is 1. The van der Waals surface area contributed by atoms with Crippen LogP contribution < -0.4 is 9.46 Å². The molecule has 0 saturated heterocycles. The average Bonchev–Trinajstić information content (AvgIpc) is 3.00. The molecule has 2 aromatic heterocycles. The first-order valence-corrected chi connectivity index (χ1v) is 9.22. The second kappa shape index (κ2) is 7.02. The van der Waals surface area contributed by atoms with Crippen molar-refractivity contribution in [2.45, 2.75) is 18.2 Å². The van der Waals surface area contributed by atoms with Crippen LogP contribution in [-0.4, -0.2) is 31.0 Å². The molecule has 0 bridgehead atoms. The molecule has 3 aromatic rings. The van der Waals surface area contributed by atoms with Crippen LogP contribution in [0.1, 0.15) is 12.6 Å². The van der Waals surface area contributed by atoms with E-state index in [4.69, 9.17) is 4.74 Å². The number of rotatable bonds is 7. The first-order chi connectivity index (χ1) is 11.6. The summed E-state index contributed by atoms with van der Waals surface area (Å²) in [6.07, 6.45) is 4.27. The van der Waals surface area contributed by atoms with E-state index in [0.717, 1.165) is 17.1 Å². The fourth-order valence-corrected chi connectivity index (χ4v) is 3.48. The van der Waals surface area contributed by atoms with Crippen LogP contribution in [0, 0.1) is 0 Å². The predicted octanol–water partition coefficient (Wildman–Crippen LogP) is 2.25. The Balaban J connectivity index is 1.69. The highest BCUT2D eigenvalue weighted by Crippen LogP contribution is 2.19. The normalized spacial score (nSPS) is 11.7. The van der Waals surface area contributed by atoms with Crippen LogP contribution in [0.25, 0.3) is 5.65 Å². The second-order valence-electron chi connectivity index (χ2n) is 5.23. The van der Waals surface area contributed by atoms with Gasteiger partial charge in [-0.1, -0.05) is 18.2 Å². The maximum absolute atomic E-state index is 12.2. The van der Waals surface area contributed by atoms with Gasteiger partial charge in [-0.15, -0.1) is 0 Å². The number of nitrogens with one attached hydrogen (secondary N) is 1. The summed E-state index contributed by atoms with van der Waals surface area (Å²) in [6.45, 7) is 2.77. The molecule has 0 amide bonds. The number of hydrogen-bond donors (Lipinski definition) is 1. The Kier molecular flexibility index (Phi) is 4.82. The number of sulfonamides is 1. The minimum atomic E-state index is -3.49. The number of aromatic nitrogens is 2. The molecule has 0 unspecified atom stereocenters. The highest BCUT2D eigenvalue weighted by atomic mass is 32.2. The molecule has 0 aliphatic heterocycles. The quantitative estimate of drug-likeness (QED) is 0.713. The van der Waals surface area contributed by atoms with E-state index in [1.165, 1.54) is 0 Å². The van der Waals surface area contributed by atoms with Gasteiger partial charge in [-0.25, -0.2) is 18.1 Å². The van der Waals surface area contributed by atoms with Crippen molar-refractivity contribution in [2.24, 2.45) is 0 Å². The van der Waals surface area contributed by atoms with Crippen molar-refractivity contribution in [3.05, 3.63) is 60.6 Å². The fourth-order valence-electron chi connectivity index (χ4n) is 2.42. The standard InChI is InChI=1S/C17H19N3O3S/c1-2-23-16-9-6-12-20-13-14(19-17(16)20)10-11-18-24(21,22)15-7-4-3-5-8-15/h3-9,12-13,18H,2,10-11H2,1H3. The fraction of sp³-hybridized carbons (Fsp3) is 0.235. The zero-order valence-corrected chi connectivity index (χ0v) is 14.2. The molecule has 0 aliphatic rings. The highest BCUT2D eigenvalue weighted by molar-refractivity contribution is 7.89. The third-order valence-corrected chi connectivity index (χ3v) is 5.00. The van der Waals surface area contributed by atoms with Crippen molar-refractivity contribution in [3.63, 3.8) is 0 Å². The van der Waals surface area contributed by atoms with Gasteiger partial charge in [0.15, 0.2) is 11.4 Å². The summed E-state index contributed by atoms with van der Waals surface area (Å²) < 4.78 is 34.4. The zero-order valence-electron chi connectivity index (χ0n) is 13.3. The number of fused-ring (bicyclic) bond motifs is 1. The third kappa shape index (κ3) is 3.58. The molecule has 0 fully saturated rings. The van der Waals surface area contributed by atoms with Gasteiger partial charge in [-0.05, 0) is 31.2 Å². The first-order valence-electron chi connectivity index (χ1n) is 7.74. The van der Waals surface area contributed by atoms with Gasteiger partial charge < -0.3 is 9.14 Å². The Bertz CT molecular complexity index is 921. The molecule has 2 heterocycles. The molecule has 24 heavy (non-hydrogen) atoms. The molecule has 0 spiro atoms. The molecule has 0 saturated carbocycles. The lowest BCUT2D eigenvalue weighted by Gasteiger charge is -2.05. The van der Waals surface area contributed by atoms with E-state index >= 15 is 0 Å². The number of hydrogen-bond acceptors (Lipinski definition) is 4. The van der Waals surface area contributed by atoms with Crippen LogP contribution in [0.4, 0.5) is 0 Å². The molecule has 126 valence electrons. The predicted molar refractivity (Wildman–Crippen MR) is 91.7 cm³/mol. The van der Waals surface area contributed by atoms with Gasteiger partial charge in [0, 0.05) is 25.4 Å². The number of pyridine rings is 1. The number of ether oxygens (including phenoxy) is 1. The van der Waals surface area contributed by atoms with E-state index in [9.17, 15) is 8.42 Å². The van der Waals surface area contributed by atoms with Crippen molar-refractivity contribution < 1.29 is 13.2 Å². The largest absolute Gasteiger partial charge is 0.490 e. The molecule has 0 aliphatic carbocycles. The van der Waals surface area contributed by atoms with Crippen molar-refractivity contribution >= 4 is 15.7 Å². The lowest BCUT2D eigenvalue weighted by Crippen LogP contribution is -2.26. The Morgan fingerprint density at radius 1 is 1.17 bits per heavy atom. The SMILES string of the molecule is CCOc1cccn2cc(CCNS(=O)(=O)c3ccccc3)nc12. The van der Waals surface area contributed by atoms with Gasteiger partial charge in [-0.2, -0.15) is 0 Å². The topological polar surface area (TPSA) is 72.7 Å². The van der Waals surface area contributed by atoms with Gasteiger partial charge in [0.05, 0.1) is 17.2 Å². The Labute approximate surface area is 141 Å². The maximum Gasteiger partial charge on any atom is 0.240 e. The molecule has 0 radical (unpaired) electrons. The third-order valence-electron chi connectivity index (χ3n) is 3.52. The van der Waals surface area contributed by atoms with Gasteiger partial charge in [0.1, 0.15) is 0 Å². The first kappa shape index (κ1) is 16.5. The van der Waals surface area contributed by atoms with Gasteiger partial charge >= 0.3 is 0 Å². The second-order valence-corrected chi connectivity index (χ2v) is 7.00. The molecule has 1 N–H and O–H groups in total. The highest BCUT2D eigenvalue weighted by Gasteiger charge is 2.13. The lowest BCUT2D eigenvalue weighted by molar-refractivity contribution is 0.342. The van der Waals surface area contributed by atoms with E-state index in [2.05, 4.69) is 9.71 Å². The summed E-state index contributed by atoms with van der Waals surface area (Å²) in [6, 6.07) is 12.1. The van der Waals surface area contributed by atoms with E-state index in [1.807, 2.05) is 35.9 Å². The van der Waals surface area contributed by atoms with E-state index in [0.29, 0.717) is 13.0 Å². The Morgan fingerprint density at radius 3 is 2.71 bits per heavy atom. The minimum Gasteiger partial charge on any atom is -0.490 e. The molecule has 6 nitrogen and oxygen atoms in total. The number of nitrogens with zero attached hydrogens (tertiary/aromatic N) is 2. The molecule has 3 rings (SSSR count). The van der Waals surface area contributed by atoms with Crippen LogP contribution in [0.3, 0.4) is 0 Å². The van der Waals surface area contributed by atoms with E-state index < -0.39 is 10.0 Å². The molecule has 7 heteroatoms. The van der Waals surface area contributed by atoms with Crippen molar-refractivity contribution in [1.29, 1.82) is 0 Å². The molecule has 1 aromatic carbocycles. The Hall–Kier alpha value is -2.38. The molecule has 0 atom stereocenters. The average molecular weight is 345 g/mol. The summed E-state index contributed by atoms with van der Waals surface area (Å²) in [5.74, 6) is 0.719. The zero-order chi connectivity index (χ0) is 17.0. The van der Waals surface area contributed by atoms with Crippen LogP contribution in [0.5, 0.6) is 5.75 Å². The van der Waals surface area contributed by atoms with Crippen LogP contribution in [-0.2, 0) is 16.4 Å². The van der Waals surface area contributed by atoms with Crippen LogP contribution in [0.15, 0.2) is 59.8 Å². The molecular weight excluding hydrogens is 326 g/mol. The Morgan fingerprint density at radius 2 is 1.96 bits per heavy atom. The van der Waals surface area contributed by atoms with E-state index in [1.54, 1.807) is 30.3 Å². The number of benzene rings is 1. The lowest BCUT2D eigenvalue weighted by atomic mass is 10.3. The van der Waals surface area contributed by atoms with Gasteiger partial charge in [0.2, 0.25) is 10.0 Å². The minimum absolute atomic E-state index is 0.263. The summed E-state index contributed by atoms with van der Waals surface area (Å²) in [5.41, 5.74) is 1.54. The van der Waals surface area contributed by atoms with Gasteiger partial charge in [0.25, 0.3) is 0 Å². The van der Waals surface area contributed by atoms with Crippen LogP contribution in [0.2, 0.25) is 0 Å². The van der Waals surface area contributed by atoms with E-state index in [-0.39, 0.29) is 11.4 Å².